The summed E-state index contributed by atoms with van der Waals surface area (Å²) in [6, 6.07) is 0. The summed E-state index contributed by atoms with van der Waals surface area (Å²) >= 11 is 0. The Morgan fingerprint density at radius 1 is 1.06 bits per heavy atom. The molecule has 4 aliphatic rings. The summed E-state index contributed by atoms with van der Waals surface area (Å²) in [6.45, 7) is 5.61. The van der Waals surface area contributed by atoms with E-state index in [1.165, 1.54) is 0 Å². The molecule has 0 radical (unpaired) electrons. The van der Waals surface area contributed by atoms with Crippen molar-refractivity contribution >= 4 is 18.9 Å². The first kappa shape index (κ1) is 23.5. The minimum Gasteiger partial charge on any atom is -0.481 e. The molecule has 4 fully saturated rings. The predicted molar refractivity (Wildman–Crippen MR) is 115 cm³/mol. The Hall–Kier alpha value is -1.63. The van der Waals surface area contributed by atoms with Crippen LogP contribution in [0.1, 0.15) is 71.6 Å². The van der Waals surface area contributed by atoms with Crippen molar-refractivity contribution in [2.45, 2.75) is 89.9 Å². The van der Waals surface area contributed by atoms with Gasteiger partial charge in [-0.3, -0.25) is 14.4 Å². The summed E-state index contributed by atoms with van der Waals surface area (Å²) in [6.07, 6.45) is 6.12. The Labute approximate surface area is 190 Å². The van der Waals surface area contributed by atoms with Crippen molar-refractivity contribution < 1.29 is 34.1 Å². The minimum atomic E-state index is -0.777. The fourth-order valence-corrected chi connectivity index (χ4v) is 8.55. The molecule has 0 amide bonds. The van der Waals surface area contributed by atoms with E-state index in [1.54, 1.807) is 0 Å². The fourth-order valence-electron chi connectivity index (χ4n) is 8.55. The molecule has 11 atom stereocenters. The number of carbonyl (C=O) groups excluding carboxylic acids is 2. The highest BCUT2D eigenvalue weighted by molar-refractivity contribution is 5.66. The van der Waals surface area contributed by atoms with Gasteiger partial charge in [0.1, 0.15) is 12.2 Å². The first-order valence-corrected chi connectivity index (χ1v) is 12.4. The van der Waals surface area contributed by atoms with Crippen molar-refractivity contribution in [2.75, 3.05) is 0 Å². The van der Waals surface area contributed by atoms with Crippen LogP contribution >= 0.6 is 0 Å². The summed E-state index contributed by atoms with van der Waals surface area (Å²) in [5, 5.41) is 19.5. The van der Waals surface area contributed by atoms with Crippen LogP contribution in [-0.2, 0) is 23.9 Å². The quantitative estimate of drug-likeness (QED) is 0.545. The molecule has 0 saturated heterocycles. The molecule has 0 aromatic heterocycles. The molecule has 180 valence electrons. The molecule has 0 aliphatic heterocycles. The maximum atomic E-state index is 11.5. The van der Waals surface area contributed by atoms with Crippen LogP contribution in [0.4, 0.5) is 0 Å². The molecular weight excluding hydrogens is 412 g/mol. The number of hydrogen-bond acceptors (Lipinski definition) is 6. The number of carbonyl (C=O) groups is 3. The van der Waals surface area contributed by atoms with Crippen LogP contribution in [0.15, 0.2) is 0 Å². The first-order valence-electron chi connectivity index (χ1n) is 12.4. The smallest absolute Gasteiger partial charge is 0.303 e. The fraction of sp³-hybridized carbons (Fsp3) is 0.880. The van der Waals surface area contributed by atoms with E-state index >= 15 is 0 Å². The molecule has 0 bridgehead atoms. The van der Waals surface area contributed by atoms with E-state index < -0.39 is 5.97 Å². The number of aliphatic carboxylic acids is 1. The molecule has 4 rings (SSSR count). The lowest BCUT2D eigenvalue weighted by molar-refractivity contribution is -0.197. The SMILES string of the molecule is C[C@H](CCC(=O)O)C1CC[C@@H]2C1[C@@H](OC=O)C[C@H]1[C@H]2[C@H](OC=O)C[C@@H]2C[C@H](O)CC[C@@]21C. The number of carboxylic acids is 1. The van der Waals surface area contributed by atoms with Crippen LogP contribution in [0.3, 0.4) is 0 Å². The van der Waals surface area contributed by atoms with Gasteiger partial charge < -0.3 is 19.7 Å². The maximum Gasteiger partial charge on any atom is 0.303 e. The second-order valence-electron chi connectivity index (χ2n) is 11.2. The maximum absolute atomic E-state index is 11.5. The van der Waals surface area contributed by atoms with E-state index in [2.05, 4.69) is 13.8 Å². The lowest BCUT2D eigenvalue weighted by atomic mass is 9.45. The van der Waals surface area contributed by atoms with Crippen molar-refractivity contribution in [1.82, 2.24) is 0 Å². The average Bonchev–Trinajstić information content (AvgIpc) is 3.19. The first-order chi connectivity index (χ1) is 15.3. The zero-order chi connectivity index (χ0) is 23.0. The van der Waals surface area contributed by atoms with Gasteiger partial charge in [-0.05, 0) is 86.4 Å². The summed E-state index contributed by atoms with van der Waals surface area (Å²) in [7, 11) is 0. The van der Waals surface area contributed by atoms with E-state index in [4.69, 9.17) is 14.6 Å². The van der Waals surface area contributed by atoms with Crippen LogP contribution < -0.4 is 0 Å². The number of fused-ring (bicyclic) bond motifs is 5. The van der Waals surface area contributed by atoms with Crippen molar-refractivity contribution in [2.24, 2.45) is 46.8 Å². The summed E-state index contributed by atoms with van der Waals surface area (Å²) < 4.78 is 11.4. The topological polar surface area (TPSA) is 110 Å². The second kappa shape index (κ2) is 9.32. The Morgan fingerprint density at radius 3 is 2.41 bits per heavy atom. The monoisotopic (exact) mass is 450 g/mol. The third-order valence-corrected chi connectivity index (χ3v) is 10.0. The molecule has 0 spiro atoms. The Kier molecular flexibility index (Phi) is 6.85. The Morgan fingerprint density at radius 2 is 1.75 bits per heavy atom. The number of aliphatic hydroxyl groups is 1. The van der Waals surface area contributed by atoms with Crippen molar-refractivity contribution in [3.8, 4) is 0 Å². The molecule has 0 aromatic carbocycles. The number of hydrogen-bond donors (Lipinski definition) is 2. The van der Waals surface area contributed by atoms with Crippen LogP contribution in [0, 0.1) is 46.8 Å². The highest BCUT2D eigenvalue weighted by Gasteiger charge is 2.63. The van der Waals surface area contributed by atoms with Crippen LogP contribution in [0.25, 0.3) is 0 Å². The van der Waals surface area contributed by atoms with Crippen molar-refractivity contribution in [3.63, 3.8) is 0 Å². The summed E-state index contributed by atoms with van der Waals surface area (Å²) in [5.41, 5.74) is 0.0368. The van der Waals surface area contributed by atoms with Gasteiger partial charge in [-0.1, -0.05) is 13.8 Å². The molecule has 0 aromatic rings. The molecule has 4 aliphatic carbocycles. The highest BCUT2D eigenvalue weighted by Crippen LogP contribution is 2.65. The molecule has 2 N–H and O–H groups in total. The van der Waals surface area contributed by atoms with Crippen LogP contribution in [-0.4, -0.2) is 47.4 Å². The molecule has 4 saturated carbocycles. The average molecular weight is 451 g/mol. The number of carboxylic acid groups (broad SMARTS) is 1. The standard InChI is InChI=1S/C25H38O7/c1-14(3-6-22(29)30)17-4-5-18-23(17)21(32-13-27)11-19-24(18)20(31-12-26)10-15-9-16(28)7-8-25(15,19)2/h12-21,23-24,28H,3-11H2,1-2H3,(H,29,30)/t14-,15+,16-,17?,18-,19+,20-,21+,23?,24+,25+/m1/s1. The van der Waals surface area contributed by atoms with E-state index in [-0.39, 0.29) is 59.7 Å². The summed E-state index contributed by atoms with van der Waals surface area (Å²) in [5.74, 6) is 1.03. The predicted octanol–water partition coefficient (Wildman–Crippen LogP) is 3.42. The third kappa shape index (κ3) is 4.06. The third-order valence-electron chi connectivity index (χ3n) is 10.0. The van der Waals surface area contributed by atoms with Gasteiger partial charge in [0.05, 0.1) is 6.10 Å². The van der Waals surface area contributed by atoms with Gasteiger partial charge in [0.15, 0.2) is 0 Å². The van der Waals surface area contributed by atoms with Gasteiger partial charge in [0, 0.05) is 18.3 Å². The lowest BCUT2D eigenvalue weighted by Gasteiger charge is -2.61. The molecule has 7 heteroatoms. The van der Waals surface area contributed by atoms with E-state index in [0.717, 1.165) is 44.9 Å². The van der Waals surface area contributed by atoms with E-state index in [9.17, 15) is 19.5 Å². The second-order valence-corrected chi connectivity index (χ2v) is 11.2. The lowest BCUT2D eigenvalue weighted by Crippen LogP contribution is -2.60. The summed E-state index contributed by atoms with van der Waals surface area (Å²) in [4.78, 5) is 34.0. The zero-order valence-electron chi connectivity index (χ0n) is 19.2. The van der Waals surface area contributed by atoms with Gasteiger partial charge in [0.25, 0.3) is 12.9 Å². The molecule has 32 heavy (non-hydrogen) atoms. The van der Waals surface area contributed by atoms with Crippen LogP contribution in [0.5, 0.6) is 0 Å². The highest BCUT2D eigenvalue weighted by atomic mass is 16.5. The van der Waals surface area contributed by atoms with E-state index in [0.29, 0.717) is 31.2 Å². The van der Waals surface area contributed by atoms with Gasteiger partial charge in [-0.2, -0.15) is 0 Å². The molecule has 0 heterocycles. The van der Waals surface area contributed by atoms with Crippen LogP contribution in [0.2, 0.25) is 0 Å². The van der Waals surface area contributed by atoms with Gasteiger partial charge in [0.2, 0.25) is 0 Å². The molecule has 7 nitrogen and oxygen atoms in total. The van der Waals surface area contributed by atoms with Gasteiger partial charge >= 0.3 is 5.97 Å². The minimum absolute atomic E-state index is 0.0368. The normalized spacial score (nSPS) is 46.2. The molecular formula is C25H38O7. The van der Waals surface area contributed by atoms with Gasteiger partial charge in [-0.15, -0.1) is 0 Å². The number of rotatable bonds is 8. The van der Waals surface area contributed by atoms with Crippen molar-refractivity contribution in [1.29, 1.82) is 0 Å². The Balaban J connectivity index is 1.65. The van der Waals surface area contributed by atoms with Gasteiger partial charge in [-0.25, -0.2) is 0 Å². The number of aliphatic hydroxyl groups excluding tert-OH is 1. The van der Waals surface area contributed by atoms with E-state index in [1.807, 2.05) is 0 Å². The Bertz CT molecular complexity index is 710. The van der Waals surface area contributed by atoms with Crippen molar-refractivity contribution in [3.05, 3.63) is 0 Å². The zero-order valence-corrected chi connectivity index (χ0v) is 19.2. The largest absolute Gasteiger partial charge is 0.481 e. The number of ether oxygens (including phenoxy) is 2. The molecule has 2 unspecified atom stereocenters.